The van der Waals surface area contributed by atoms with E-state index in [0.717, 1.165) is 4.90 Å². The Morgan fingerprint density at radius 1 is 1.42 bits per heavy atom. The predicted molar refractivity (Wildman–Crippen MR) is 69.7 cm³/mol. The molecule has 0 saturated heterocycles. The van der Waals surface area contributed by atoms with Crippen LogP contribution < -0.4 is 0 Å². The number of amides is 1. The third-order valence-corrected chi connectivity index (χ3v) is 3.01. The van der Waals surface area contributed by atoms with Crippen molar-refractivity contribution >= 4 is 17.5 Å². The molecule has 0 aliphatic rings. The van der Waals surface area contributed by atoms with E-state index in [1.165, 1.54) is 18.2 Å². The monoisotopic (exact) mass is 291 g/mol. The number of hydrogen-bond acceptors (Lipinski definition) is 2. The molecule has 1 amide bonds. The van der Waals surface area contributed by atoms with Crippen LogP contribution in [0.3, 0.4) is 0 Å². The van der Waals surface area contributed by atoms with Gasteiger partial charge in [0.25, 0.3) is 6.43 Å². The summed E-state index contributed by atoms with van der Waals surface area (Å²) in [5, 5.41) is 9.45. The van der Waals surface area contributed by atoms with Gasteiger partial charge in [0.05, 0.1) is 13.0 Å². The Bertz CT molecular complexity index is 452. The molecule has 106 valence electrons. The van der Waals surface area contributed by atoms with Gasteiger partial charge in [0.2, 0.25) is 5.91 Å². The van der Waals surface area contributed by atoms with Crippen LogP contribution in [0.15, 0.2) is 18.2 Å². The van der Waals surface area contributed by atoms with E-state index < -0.39 is 18.9 Å². The number of carbonyl (C=O) groups excluding carboxylic acids is 1. The zero-order valence-corrected chi connectivity index (χ0v) is 11.5. The second kappa shape index (κ2) is 6.70. The number of carbonyl (C=O) groups is 1. The summed E-state index contributed by atoms with van der Waals surface area (Å²) in [6.07, 6.45) is -2.63. The van der Waals surface area contributed by atoms with Crippen LogP contribution in [-0.4, -0.2) is 34.9 Å². The number of alkyl halides is 2. The molecule has 0 unspecified atom stereocenters. The third kappa shape index (κ3) is 4.67. The quantitative estimate of drug-likeness (QED) is 0.905. The minimum absolute atomic E-state index is 0.00510. The molecule has 0 saturated carbocycles. The normalized spacial score (nSPS) is 11.1. The zero-order valence-electron chi connectivity index (χ0n) is 10.7. The maximum absolute atomic E-state index is 12.4. The lowest BCUT2D eigenvalue weighted by Gasteiger charge is -2.26. The fourth-order valence-corrected chi connectivity index (χ4v) is 1.93. The van der Waals surface area contributed by atoms with Crippen molar-refractivity contribution in [1.82, 2.24) is 4.90 Å². The van der Waals surface area contributed by atoms with Crippen molar-refractivity contribution in [3.05, 3.63) is 28.8 Å². The SMILES string of the molecule is CC(C)N(CC(F)F)C(=O)Cc1ccc(O)cc1Cl. The van der Waals surface area contributed by atoms with Gasteiger partial charge in [0, 0.05) is 11.1 Å². The highest BCUT2D eigenvalue weighted by molar-refractivity contribution is 6.31. The molecule has 0 spiro atoms. The van der Waals surface area contributed by atoms with Gasteiger partial charge < -0.3 is 10.0 Å². The molecule has 0 bridgehead atoms. The largest absolute Gasteiger partial charge is 0.508 e. The third-order valence-electron chi connectivity index (χ3n) is 2.66. The van der Waals surface area contributed by atoms with Crippen LogP contribution in [0.5, 0.6) is 5.75 Å². The van der Waals surface area contributed by atoms with E-state index in [2.05, 4.69) is 0 Å². The highest BCUT2D eigenvalue weighted by atomic mass is 35.5. The molecule has 3 nitrogen and oxygen atoms in total. The number of nitrogens with zero attached hydrogens (tertiary/aromatic N) is 1. The lowest BCUT2D eigenvalue weighted by molar-refractivity contribution is -0.134. The van der Waals surface area contributed by atoms with Crippen molar-refractivity contribution in [1.29, 1.82) is 0 Å². The van der Waals surface area contributed by atoms with Crippen molar-refractivity contribution < 1.29 is 18.7 Å². The minimum Gasteiger partial charge on any atom is -0.508 e. The molecule has 0 aromatic heterocycles. The molecule has 0 radical (unpaired) electrons. The molecule has 0 heterocycles. The van der Waals surface area contributed by atoms with E-state index in [9.17, 15) is 18.7 Å². The topological polar surface area (TPSA) is 40.5 Å². The van der Waals surface area contributed by atoms with Crippen LogP contribution >= 0.6 is 11.6 Å². The number of benzene rings is 1. The van der Waals surface area contributed by atoms with Crippen molar-refractivity contribution in [2.75, 3.05) is 6.54 Å². The number of hydrogen-bond donors (Lipinski definition) is 1. The van der Waals surface area contributed by atoms with Gasteiger partial charge in [-0.25, -0.2) is 8.78 Å². The van der Waals surface area contributed by atoms with E-state index in [-0.39, 0.29) is 23.2 Å². The van der Waals surface area contributed by atoms with Crippen LogP contribution in [0.2, 0.25) is 5.02 Å². The Labute approximate surface area is 115 Å². The maximum Gasteiger partial charge on any atom is 0.255 e. The summed E-state index contributed by atoms with van der Waals surface area (Å²) in [6, 6.07) is 3.92. The van der Waals surface area contributed by atoms with Gasteiger partial charge in [-0.05, 0) is 31.5 Å². The first-order valence-corrected chi connectivity index (χ1v) is 6.24. The number of aromatic hydroxyl groups is 1. The maximum atomic E-state index is 12.4. The van der Waals surface area contributed by atoms with Gasteiger partial charge >= 0.3 is 0 Å². The molecular formula is C13H16ClF2NO2. The average Bonchev–Trinajstić information content (AvgIpc) is 2.29. The van der Waals surface area contributed by atoms with Crippen molar-refractivity contribution in [3.8, 4) is 5.75 Å². The highest BCUT2D eigenvalue weighted by Crippen LogP contribution is 2.22. The molecule has 19 heavy (non-hydrogen) atoms. The fraction of sp³-hybridized carbons (Fsp3) is 0.462. The van der Waals surface area contributed by atoms with Crippen LogP contribution in [0.25, 0.3) is 0 Å². The van der Waals surface area contributed by atoms with Gasteiger partial charge in [-0.1, -0.05) is 17.7 Å². The molecular weight excluding hydrogens is 276 g/mol. The smallest absolute Gasteiger partial charge is 0.255 e. The van der Waals surface area contributed by atoms with E-state index in [1.807, 2.05) is 0 Å². The van der Waals surface area contributed by atoms with Gasteiger partial charge in [-0.2, -0.15) is 0 Å². The number of rotatable bonds is 5. The van der Waals surface area contributed by atoms with Gasteiger partial charge in [0.1, 0.15) is 5.75 Å². The standard InChI is InChI=1S/C13H16ClF2NO2/c1-8(2)17(7-12(15)16)13(19)5-9-3-4-10(18)6-11(9)14/h3-4,6,8,12,18H,5,7H2,1-2H3. The summed E-state index contributed by atoms with van der Waals surface area (Å²) in [4.78, 5) is 13.1. The Morgan fingerprint density at radius 3 is 2.53 bits per heavy atom. The van der Waals surface area contributed by atoms with E-state index in [4.69, 9.17) is 11.6 Å². The van der Waals surface area contributed by atoms with Gasteiger partial charge in [-0.15, -0.1) is 0 Å². The molecule has 1 N–H and O–H groups in total. The molecule has 0 aliphatic carbocycles. The molecule has 0 fully saturated rings. The molecule has 0 aliphatic heterocycles. The highest BCUT2D eigenvalue weighted by Gasteiger charge is 2.21. The van der Waals surface area contributed by atoms with Crippen LogP contribution in [0.1, 0.15) is 19.4 Å². The second-order valence-electron chi connectivity index (χ2n) is 4.48. The van der Waals surface area contributed by atoms with Crippen LogP contribution in [-0.2, 0) is 11.2 Å². The van der Waals surface area contributed by atoms with Crippen molar-refractivity contribution in [3.63, 3.8) is 0 Å². The van der Waals surface area contributed by atoms with E-state index in [1.54, 1.807) is 13.8 Å². The summed E-state index contributed by atoms with van der Waals surface area (Å²) in [5.41, 5.74) is 0.504. The summed E-state index contributed by atoms with van der Waals surface area (Å²) < 4.78 is 24.8. The molecule has 6 heteroatoms. The van der Waals surface area contributed by atoms with E-state index in [0.29, 0.717) is 5.56 Å². The van der Waals surface area contributed by atoms with Crippen LogP contribution in [0.4, 0.5) is 8.78 Å². The first-order chi connectivity index (χ1) is 8.81. The minimum atomic E-state index is -2.57. The molecule has 0 atom stereocenters. The Kier molecular flexibility index (Phi) is 5.54. The zero-order chi connectivity index (χ0) is 14.6. The van der Waals surface area contributed by atoms with Crippen molar-refractivity contribution in [2.24, 2.45) is 0 Å². The van der Waals surface area contributed by atoms with Gasteiger partial charge in [0.15, 0.2) is 0 Å². The lowest BCUT2D eigenvalue weighted by atomic mass is 10.1. The number of phenolic OH excluding ortho intramolecular Hbond substituents is 1. The molecule has 1 rings (SSSR count). The summed E-state index contributed by atoms with van der Waals surface area (Å²) in [6.45, 7) is 2.77. The number of halogens is 3. The summed E-state index contributed by atoms with van der Waals surface area (Å²) in [5.74, 6) is -0.419. The predicted octanol–water partition coefficient (Wildman–Crippen LogP) is 3.09. The number of phenols is 1. The van der Waals surface area contributed by atoms with Gasteiger partial charge in [-0.3, -0.25) is 4.79 Å². The molecule has 1 aromatic rings. The second-order valence-corrected chi connectivity index (χ2v) is 4.89. The molecule has 1 aromatic carbocycles. The Balaban J connectivity index is 2.81. The average molecular weight is 292 g/mol. The summed E-state index contributed by atoms with van der Waals surface area (Å²) in [7, 11) is 0. The first kappa shape index (κ1) is 15.7. The van der Waals surface area contributed by atoms with Crippen molar-refractivity contribution in [2.45, 2.75) is 32.7 Å². The Morgan fingerprint density at radius 2 is 2.05 bits per heavy atom. The van der Waals surface area contributed by atoms with E-state index >= 15 is 0 Å². The summed E-state index contributed by atoms with van der Waals surface area (Å²) >= 11 is 5.88. The Hall–Kier alpha value is -1.36. The lowest BCUT2D eigenvalue weighted by Crippen LogP contribution is -2.41. The first-order valence-electron chi connectivity index (χ1n) is 5.86. The fourth-order valence-electron chi connectivity index (χ4n) is 1.69. The van der Waals surface area contributed by atoms with Crippen LogP contribution in [0, 0.1) is 0 Å².